The van der Waals surface area contributed by atoms with E-state index in [1.165, 1.54) is 12.1 Å². The summed E-state index contributed by atoms with van der Waals surface area (Å²) in [4.78, 5) is 24.6. The molecule has 0 aromatic heterocycles. The van der Waals surface area contributed by atoms with Crippen LogP contribution in [0.4, 0.5) is 11.4 Å². The maximum absolute atomic E-state index is 11.9. The Morgan fingerprint density at radius 1 is 1.25 bits per heavy atom. The standard InChI is InChI=1S/C17H25N2O5/c1-16(2,3)24-15(20)12-17(21)8-10-18(11-9-17)13-4-6-14(7-5-13)19(22)23/h4-7,21H,8-12H2,1-3H3,(H,22,23)/q+1. The molecule has 1 aromatic carbocycles. The van der Waals surface area contributed by atoms with Crippen LogP contribution in [0.15, 0.2) is 24.3 Å². The van der Waals surface area contributed by atoms with Crippen molar-refractivity contribution in [2.45, 2.75) is 51.2 Å². The smallest absolute Gasteiger partial charge is 0.316 e. The third kappa shape index (κ3) is 4.92. The highest BCUT2D eigenvalue weighted by Gasteiger charge is 2.36. The van der Waals surface area contributed by atoms with E-state index in [0.29, 0.717) is 25.9 Å². The molecule has 1 saturated heterocycles. The van der Waals surface area contributed by atoms with Gasteiger partial charge >= 0.3 is 11.7 Å². The van der Waals surface area contributed by atoms with Gasteiger partial charge in [0, 0.05) is 30.9 Å². The number of ether oxygens (including phenoxy) is 1. The molecular weight excluding hydrogens is 312 g/mol. The Morgan fingerprint density at radius 3 is 2.25 bits per heavy atom. The number of benzene rings is 1. The van der Waals surface area contributed by atoms with Crippen LogP contribution in [-0.4, -0.2) is 45.5 Å². The number of esters is 1. The van der Waals surface area contributed by atoms with Gasteiger partial charge in [0.2, 0.25) is 0 Å². The summed E-state index contributed by atoms with van der Waals surface area (Å²) in [7, 11) is 0. The number of hydrogen-bond acceptors (Lipinski definition) is 5. The van der Waals surface area contributed by atoms with Crippen molar-refractivity contribution in [3.05, 3.63) is 29.2 Å². The lowest BCUT2D eigenvalue weighted by Crippen LogP contribution is -2.46. The minimum Gasteiger partial charge on any atom is -0.460 e. The van der Waals surface area contributed by atoms with Crippen LogP contribution >= 0.6 is 0 Å². The molecule has 1 heterocycles. The van der Waals surface area contributed by atoms with Crippen molar-refractivity contribution in [2.24, 2.45) is 0 Å². The van der Waals surface area contributed by atoms with Crippen LogP contribution in [0.3, 0.4) is 0 Å². The Hall–Kier alpha value is -2.15. The largest absolute Gasteiger partial charge is 0.460 e. The monoisotopic (exact) mass is 337 g/mol. The van der Waals surface area contributed by atoms with Gasteiger partial charge in [0.05, 0.1) is 16.9 Å². The molecule has 1 fully saturated rings. The van der Waals surface area contributed by atoms with Gasteiger partial charge in [0.1, 0.15) is 5.60 Å². The Bertz CT molecular complexity index is 598. The minimum absolute atomic E-state index is 0.00724. The van der Waals surface area contributed by atoms with Crippen LogP contribution < -0.4 is 4.90 Å². The Kier molecular flexibility index (Phi) is 5.13. The third-order valence-corrected chi connectivity index (χ3v) is 4.02. The molecule has 0 unspecified atom stereocenters. The summed E-state index contributed by atoms with van der Waals surface area (Å²) < 4.78 is 5.28. The molecule has 0 aliphatic carbocycles. The normalized spacial score (nSPS) is 17.4. The molecule has 132 valence electrons. The van der Waals surface area contributed by atoms with E-state index in [9.17, 15) is 14.8 Å². The molecule has 1 aliphatic heterocycles. The molecule has 0 saturated carbocycles. The molecule has 0 radical (unpaired) electrons. The predicted octanol–water partition coefficient (Wildman–Crippen LogP) is 2.55. The van der Waals surface area contributed by atoms with Crippen LogP contribution in [0, 0.1) is 4.91 Å². The van der Waals surface area contributed by atoms with Gasteiger partial charge in [0.25, 0.3) is 4.92 Å². The summed E-state index contributed by atoms with van der Waals surface area (Å²) in [6, 6.07) is 6.55. The van der Waals surface area contributed by atoms with Gasteiger partial charge in [0.15, 0.2) is 0 Å². The highest BCUT2D eigenvalue weighted by molar-refractivity contribution is 5.71. The molecule has 24 heavy (non-hydrogen) atoms. The van der Waals surface area contributed by atoms with E-state index in [2.05, 4.69) is 4.90 Å². The van der Waals surface area contributed by atoms with Crippen LogP contribution in [0.5, 0.6) is 0 Å². The number of anilines is 1. The van der Waals surface area contributed by atoms with Gasteiger partial charge in [-0.1, -0.05) is 0 Å². The van der Waals surface area contributed by atoms with Crippen molar-refractivity contribution in [2.75, 3.05) is 18.0 Å². The SMILES string of the molecule is CC(C)(C)OC(=O)CC1(O)CCN(c2ccc([N+](=O)O)cc2)CC1. The highest BCUT2D eigenvalue weighted by Crippen LogP contribution is 2.30. The number of carbonyl (C=O) groups excluding carboxylic acids is 1. The first kappa shape index (κ1) is 18.2. The lowest BCUT2D eigenvalue weighted by Gasteiger charge is -2.39. The minimum atomic E-state index is -1.05. The van der Waals surface area contributed by atoms with Crippen molar-refractivity contribution in [3.8, 4) is 0 Å². The topological polar surface area (TPSA) is 90.1 Å². The van der Waals surface area contributed by atoms with Gasteiger partial charge in [-0.05, 0) is 45.7 Å². The van der Waals surface area contributed by atoms with Crippen LogP contribution in [0.1, 0.15) is 40.0 Å². The average Bonchev–Trinajstić information content (AvgIpc) is 2.45. The summed E-state index contributed by atoms with van der Waals surface area (Å²) in [5, 5.41) is 19.5. The Morgan fingerprint density at radius 2 is 1.79 bits per heavy atom. The van der Waals surface area contributed by atoms with Crippen LogP contribution in [0.25, 0.3) is 0 Å². The van der Waals surface area contributed by atoms with Gasteiger partial charge in [-0.2, -0.15) is 0 Å². The fraction of sp³-hybridized carbons (Fsp3) is 0.588. The molecule has 0 amide bonds. The van der Waals surface area contributed by atoms with E-state index in [-0.39, 0.29) is 23.0 Å². The van der Waals surface area contributed by atoms with Crippen molar-refractivity contribution < 1.29 is 24.8 Å². The van der Waals surface area contributed by atoms with Crippen molar-refractivity contribution in [1.82, 2.24) is 0 Å². The number of nitrogens with zero attached hydrogens (tertiary/aromatic N) is 2. The van der Waals surface area contributed by atoms with Crippen LogP contribution in [0.2, 0.25) is 0 Å². The molecule has 1 aliphatic rings. The van der Waals surface area contributed by atoms with Gasteiger partial charge < -0.3 is 14.7 Å². The number of rotatable bonds is 4. The molecule has 7 nitrogen and oxygen atoms in total. The maximum atomic E-state index is 11.9. The van der Waals surface area contributed by atoms with Crippen LogP contribution in [-0.2, 0) is 9.53 Å². The van der Waals surface area contributed by atoms with Gasteiger partial charge in [-0.15, -0.1) is 0 Å². The lowest BCUT2D eigenvalue weighted by molar-refractivity contribution is -0.729. The summed E-state index contributed by atoms with van der Waals surface area (Å²) in [6.45, 7) is 6.60. The number of aliphatic hydroxyl groups is 1. The van der Waals surface area contributed by atoms with E-state index < -0.39 is 11.2 Å². The van der Waals surface area contributed by atoms with E-state index in [4.69, 9.17) is 9.94 Å². The first-order valence-corrected chi connectivity index (χ1v) is 8.03. The number of piperidine rings is 1. The molecule has 2 N–H and O–H groups in total. The predicted molar refractivity (Wildman–Crippen MR) is 88.4 cm³/mol. The molecular formula is C17H25N2O5+. The molecule has 7 heteroatoms. The maximum Gasteiger partial charge on any atom is 0.316 e. The summed E-state index contributed by atoms with van der Waals surface area (Å²) in [6.07, 6.45) is 0.913. The van der Waals surface area contributed by atoms with Gasteiger partial charge in [-0.25, -0.2) is 5.21 Å². The Balaban J connectivity index is 1.92. The first-order chi connectivity index (χ1) is 11.1. The van der Waals surface area contributed by atoms with E-state index in [1.54, 1.807) is 32.9 Å². The average molecular weight is 337 g/mol. The first-order valence-electron chi connectivity index (χ1n) is 8.03. The molecule has 2 rings (SSSR count). The number of hydrogen-bond donors (Lipinski definition) is 2. The second-order valence-electron chi connectivity index (χ2n) is 7.26. The quantitative estimate of drug-likeness (QED) is 0.648. The van der Waals surface area contributed by atoms with Gasteiger partial charge in [-0.3, -0.25) is 4.79 Å². The summed E-state index contributed by atoms with van der Waals surface area (Å²) >= 11 is 0. The number of carbonyl (C=O) groups is 1. The highest BCUT2D eigenvalue weighted by atomic mass is 16.6. The third-order valence-electron chi connectivity index (χ3n) is 4.02. The fourth-order valence-corrected chi connectivity index (χ4v) is 2.80. The zero-order valence-corrected chi connectivity index (χ0v) is 14.4. The second kappa shape index (κ2) is 6.76. The molecule has 1 aromatic rings. The lowest BCUT2D eigenvalue weighted by atomic mass is 9.88. The second-order valence-corrected chi connectivity index (χ2v) is 7.26. The summed E-state index contributed by atoms with van der Waals surface area (Å²) in [5.74, 6) is -0.388. The summed E-state index contributed by atoms with van der Waals surface area (Å²) in [5.41, 5.74) is -0.537. The molecule has 0 spiro atoms. The zero-order valence-electron chi connectivity index (χ0n) is 14.4. The van der Waals surface area contributed by atoms with E-state index >= 15 is 0 Å². The van der Waals surface area contributed by atoms with E-state index in [1.807, 2.05) is 0 Å². The van der Waals surface area contributed by atoms with Crippen molar-refractivity contribution in [3.63, 3.8) is 0 Å². The van der Waals surface area contributed by atoms with Crippen molar-refractivity contribution in [1.29, 1.82) is 0 Å². The molecule has 0 atom stereocenters. The van der Waals surface area contributed by atoms with Crippen molar-refractivity contribution >= 4 is 17.3 Å². The Labute approximate surface area is 141 Å². The molecule has 0 bridgehead atoms. The fourth-order valence-electron chi connectivity index (χ4n) is 2.80. The zero-order chi connectivity index (χ0) is 18.0. The van der Waals surface area contributed by atoms with E-state index in [0.717, 1.165) is 5.69 Å².